The normalized spacial score (nSPS) is 11.9. The minimum absolute atomic E-state index is 0.522. The standard InChI is InChI=1S/C21H21Cl2N3O3S/c1-5-24-21-26(17(12-30-21)15-10-14(22)6-7-16(15)23)25-11-13-8-18(27-2)20(29-4)19(9-13)28-3/h6-12H,5H2,1-4H3. The van der Waals surface area contributed by atoms with Crippen LogP contribution in [0.1, 0.15) is 12.5 Å². The molecule has 0 spiro atoms. The van der Waals surface area contributed by atoms with Crippen molar-refractivity contribution in [1.82, 2.24) is 4.68 Å². The molecule has 0 bridgehead atoms. The average molecular weight is 466 g/mol. The number of nitrogens with zero attached hydrogens (tertiary/aromatic N) is 3. The Labute approximate surface area is 189 Å². The van der Waals surface area contributed by atoms with Crippen molar-refractivity contribution in [3.63, 3.8) is 0 Å². The van der Waals surface area contributed by atoms with Crippen molar-refractivity contribution in [1.29, 1.82) is 0 Å². The third kappa shape index (κ3) is 4.64. The largest absolute Gasteiger partial charge is 0.493 e. The van der Waals surface area contributed by atoms with E-state index in [0.29, 0.717) is 33.8 Å². The van der Waals surface area contributed by atoms with Crippen molar-refractivity contribution >= 4 is 40.8 Å². The number of aromatic nitrogens is 1. The lowest BCUT2D eigenvalue weighted by molar-refractivity contribution is 0.324. The molecule has 0 atom stereocenters. The highest BCUT2D eigenvalue weighted by Crippen LogP contribution is 2.38. The molecule has 30 heavy (non-hydrogen) atoms. The number of benzene rings is 2. The van der Waals surface area contributed by atoms with Crippen LogP contribution in [0.3, 0.4) is 0 Å². The van der Waals surface area contributed by atoms with E-state index in [9.17, 15) is 0 Å². The maximum absolute atomic E-state index is 6.42. The Bertz CT molecular complexity index is 1110. The molecule has 0 aliphatic heterocycles. The molecule has 0 aliphatic carbocycles. The summed E-state index contributed by atoms with van der Waals surface area (Å²) in [5.74, 6) is 1.61. The monoisotopic (exact) mass is 465 g/mol. The molecule has 0 saturated carbocycles. The molecule has 0 radical (unpaired) electrons. The van der Waals surface area contributed by atoms with E-state index in [0.717, 1.165) is 21.6 Å². The van der Waals surface area contributed by atoms with Gasteiger partial charge in [0.05, 0.1) is 38.3 Å². The fraction of sp³-hybridized carbons (Fsp3) is 0.238. The first kappa shape index (κ1) is 22.2. The Morgan fingerprint density at radius 1 is 1.03 bits per heavy atom. The molecule has 6 nitrogen and oxygen atoms in total. The van der Waals surface area contributed by atoms with Crippen LogP contribution < -0.4 is 19.0 Å². The molecule has 9 heteroatoms. The van der Waals surface area contributed by atoms with Crippen LogP contribution >= 0.6 is 34.5 Å². The fourth-order valence-corrected chi connectivity index (χ4v) is 4.11. The highest BCUT2D eigenvalue weighted by atomic mass is 35.5. The van der Waals surface area contributed by atoms with Crippen LogP contribution in [-0.4, -0.2) is 38.8 Å². The van der Waals surface area contributed by atoms with Crippen molar-refractivity contribution in [3.8, 4) is 28.5 Å². The topological polar surface area (TPSA) is 57.3 Å². The van der Waals surface area contributed by atoms with Gasteiger partial charge < -0.3 is 14.2 Å². The summed E-state index contributed by atoms with van der Waals surface area (Å²) in [6.45, 7) is 2.60. The number of hydrogen-bond acceptors (Lipinski definition) is 6. The minimum atomic E-state index is 0.522. The van der Waals surface area contributed by atoms with Crippen LogP contribution in [0.4, 0.5) is 0 Å². The van der Waals surface area contributed by atoms with Gasteiger partial charge in [0.1, 0.15) is 0 Å². The highest BCUT2D eigenvalue weighted by Gasteiger charge is 2.14. The Morgan fingerprint density at radius 2 is 1.73 bits per heavy atom. The lowest BCUT2D eigenvalue weighted by atomic mass is 10.2. The van der Waals surface area contributed by atoms with Gasteiger partial charge in [-0.15, -0.1) is 11.3 Å². The van der Waals surface area contributed by atoms with Gasteiger partial charge in [0.25, 0.3) is 0 Å². The summed E-state index contributed by atoms with van der Waals surface area (Å²) in [5, 5.41) is 7.79. The van der Waals surface area contributed by atoms with E-state index in [1.54, 1.807) is 44.4 Å². The molecule has 0 N–H and O–H groups in total. The SMILES string of the molecule is CCN=c1scc(-c2cc(Cl)ccc2Cl)n1N=Cc1cc(OC)c(OC)c(OC)c1. The van der Waals surface area contributed by atoms with Gasteiger partial charge in [-0.3, -0.25) is 4.99 Å². The molecule has 3 aromatic rings. The first-order valence-electron chi connectivity index (χ1n) is 9.03. The van der Waals surface area contributed by atoms with Crippen molar-refractivity contribution in [3.05, 3.63) is 56.1 Å². The molecule has 0 unspecified atom stereocenters. The van der Waals surface area contributed by atoms with Crippen LogP contribution in [-0.2, 0) is 0 Å². The van der Waals surface area contributed by atoms with E-state index >= 15 is 0 Å². The second-order valence-corrected chi connectivity index (χ2v) is 7.70. The number of hydrogen-bond donors (Lipinski definition) is 0. The van der Waals surface area contributed by atoms with E-state index in [4.69, 9.17) is 37.4 Å². The lowest BCUT2D eigenvalue weighted by Crippen LogP contribution is -2.12. The summed E-state index contributed by atoms with van der Waals surface area (Å²) < 4.78 is 18.0. The molecular formula is C21H21Cl2N3O3S. The Kier molecular flexibility index (Phi) is 7.42. The van der Waals surface area contributed by atoms with Crippen molar-refractivity contribution in [2.45, 2.75) is 6.92 Å². The zero-order valence-corrected chi connectivity index (χ0v) is 19.3. The summed E-state index contributed by atoms with van der Waals surface area (Å²) in [6, 6.07) is 8.97. The maximum atomic E-state index is 6.42. The molecule has 3 rings (SSSR count). The molecule has 0 saturated heterocycles. The van der Waals surface area contributed by atoms with Gasteiger partial charge in [0.2, 0.25) is 10.6 Å². The molecule has 1 heterocycles. The predicted molar refractivity (Wildman–Crippen MR) is 123 cm³/mol. The van der Waals surface area contributed by atoms with Crippen LogP contribution in [0.2, 0.25) is 10.0 Å². The average Bonchev–Trinajstić information content (AvgIpc) is 3.15. The quantitative estimate of drug-likeness (QED) is 0.441. The van der Waals surface area contributed by atoms with E-state index in [1.165, 1.54) is 11.3 Å². The number of rotatable bonds is 7. The van der Waals surface area contributed by atoms with Gasteiger partial charge in [0, 0.05) is 28.1 Å². The third-order valence-corrected chi connectivity index (χ3v) is 5.61. The summed E-state index contributed by atoms with van der Waals surface area (Å²) in [5.41, 5.74) is 2.34. The van der Waals surface area contributed by atoms with Crippen molar-refractivity contribution in [2.24, 2.45) is 10.1 Å². The minimum Gasteiger partial charge on any atom is -0.493 e. The number of ether oxygens (including phenoxy) is 3. The zero-order valence-electron chi connectivity index (χ0n) is 17.0. The molecule has 0 amide bonds. The molecule has 158 valence electrons. The second kappa shape index (κ2) is 10.0. The first-order chi connectivity index (χ1) is 14.5. The van der Waals surface area contributed by atoms with E-state index in [1.807, 2.05) is 30.5 Å². The van der Waals surface area contributed by atoms with Gasteiger partial charge in [-0.2, -0.15) is 5.10 Å². The maximum Gasteiger partial charge on any atom is 0.206 e. The Hall–Kier alpha value is -2.48. The Balaban J connectivity index is 2.13. The number of halogens is 2. The van der Waals surface area contributed by atoms with Crippen LogP contribution in [0.5, 0.6) is 17.2 Å². The molecular weight excluding hydrogens is 445 g/mol. The summed E-state index contributed by atoms with van der Waals surface area (Å²) in [6.07, 6.45) is 1.70. The van der Waals surface area contributed by atoms with Crippen LogP contribution in [0.15, 0.2) is 45.8 Å². The van der Waals surface area contributed by atoms with Gasteiger partial charge in [-0.1, -0.05) is 23.2 Å². The summed E-state index contributed by atoms with van der Waals surface area (Å²) in [7, 11) is 4.71. The van der Waals surface area contributed by atoms with Crippen molar-refractivity contribution < 1.29 is 14.2 Å². The van der Waals surface area contributed by atoms with Gasteiger partial charge in [-0.25, -0.2) is 4.68 Å². The molecule has 0 fully saturated rings. The van der Waals surface area contributed by atoms with Gasteiger partial charge in [-0.05, 0) is 37.3 Å². The third-order valence-electron chi connectivity index (χ3n) is 4.19. The van der Waals surface area contributed by atoms with Gasteiger partial charge in [0.15, 0.2) is 11.5 Å². The van der Waals surface area contributed by atoms with E-state index in [2.05, 4.69) is 10.1 Å². The number of thiazole rings is 1. The fourth-order valence-electron chi connectivity index (χ4n) is 2.83. The van der Waals surface area contributed by atoms with E-state index in [-0.39, 0.29) is 0 Å². The highest BCUT2D eigenvalue weighted by molar-refractivity contribution is 7.07. The molecule has 1 aromatic heterocycles. The molecule has 0 aliphatic rings. The zero-order chi connectivity index (χ0) is 21.7. The summed E-state index contributed by atoms with van der Waals surface area (Å²) in [4.78, 5) is 5.28. The van der Waals surface area contributed by atoms with Gasteiger partial charge >= 0.3 is 0 Å². The van der Waals surface area contributed by atoms with E-state index < -0.39 is 0 Å². The Morgan fingerprint density at radius 3 is 2.33 bits per heavy atom. The van der Waals surface area contributed by atoms with Crippen molar-refractivity contribution in [2.75, 3.05) is 27.9 Å². The second-order valence-electron chi connectivity index (χ2n) is 6.02. The van der Waals surface area contributed by atoms with Crippen LogP contribution in [0, 0.1) is 0 Å². The first-order valence-corrected chi connectivity index (χ1v) is 10.7. The van der Waals surface area contributed by atoms with Crippen LogP contribution in [0.25, 0.3) is 11.3 Å². The lowest BCUT2D eigenvalue weighted by Gasteiger charge is -2.12. The number of methoxy groups -OCH3 is 3. The molecule has 2 aromatic carbocycles. The summed E-state index contributed by atoms with van der Waals surface area (Å²) >= 11 is 14.1. The smallest absolute Gasteiger partial charge is 0.206 e. The predicted octanol–water partition coefficient (Wildman–Crippen LogP) is 5.35.